The normalized spacial score (nSPS) is 8.71. The van der Waals surface area contributed by atoms with E-state index in [-0.39, 0.29) is 17.5 Å². The third kappa shape index (κ3) is 7.00. The van der Waals surface area contributed by atoms with Gasteiger partial charge in [0.25, 0.3) is 0 Å². The third-order valence-corrected chi connectivity index (χ3v) is 1.95. The number of hydrogen-bond acceptors (Lipinski definition) is 3. The van der Waals surface area contributed by atoms with Crippen LogP contribution in [0.15, 0.2) is 24.3 Å². The van der Waals surface area contributed by atoms with Crippen molar-refractivity contribution in [3.8, 4) is 0 Å². The third-order valence-electron chi connectivity index (χ3n) is 1.95. The Bertz CT molecular complexity index is 412. The predicted octanol–water partition coefficient (Wildman–Crippen LogP) is 2.12. The van der Waals surface area contributed by atoms with E-state index in [0.717, 1.165) is 11.3 Å². The molecule has 92 valence electrons. The van der Waals surface area contributed by atoms with Crippen LogP contribution in [0.2, 0.25) is 0 Å². The van der Waals surface area contributed by atoms with Gasteiger partial charge in [-0.05, 0) is 18.6 Å². The molecule has 0 radical (unpaired) electrons. The number of anilines is 1. The standard InChI is InChI=1S/C9H11NO.C4H6O2/c1-7-5-3-4-6-9(7)10-8(2)11;1-3(5)4(2)6/h3-6H,1-2H3,(H,10,11);1-2H3. The lowest BCUT2D eigenvalue weighted by Crippen LogP contribution is -2.06. The Morgan fingerprint density at radius 2 is 1.41 bits per heavy atom. The topological polar surface area (TPSA) is 63.2 Å². The lowest BCUT2D eigenvalue weighted by Gasteiger charge is -2.03. The Labute approximate surface area is 101 Å². The fourth-order valence-corrected chi connectivity index (χ4v) is 0.903. The zero-order chi connectivity index (χ0) is 13.4. The number of rotatable bonds is 2. The molecular weight excluding hydrogens is 218 g/mol. The SMILES string of the molecule is CC(=O)C(C)=O.CC(=O)Nc1ccccc1C. The fourth-order valence-electron chi connectivity index (χ4n) is 0.903. The summed E-state index contributed by atoms with van der Waals surface area (Å²) in [5.74, 6) is -0.788. The Morgan fingerprint density at radius 1 is 0.941 bits per heavy atom. The monoisotopic (exact) mass is 235 g/mol. The van der Waals surface area contributed by atoms with E-state index >= 15 is 0 Å². The predicted molar refractivity (Wildman–Crippen MR) is 66.8 cm³/mol. The molecule has 4 nitrogen and oxygen atoms in total. The van der Waals surface area contributed by atoms with Crippen LogP contribution in [-0.2, 0) is 14.4 Å². The maximum Gasteiger partial charge on any atom is 0.221 e. The summed E-state index contributed by atoms with van der Waals surface area (Å²) >= 11 is 0. The van der Waals surface area contributed by atoms with Crippen LogP contribution < -0.4 is 5.32 Å². The average molecular weight is 235 g/mol. The van der Waals surface area contributed by atoms with E-state index in [0.29, 0.717) is 0 Å². The molecule has 0 aliphatic carbocycles. The van der Waals surface area contributed by atoms with E-state index in [9.17, 15) is 14.4 Å². The first kappa shape index (κ1) is 15.0. The highest BCUT2D eigenvalue weighted by Gasteiger charge is 1.96. The molecule has 17 heavy (non-hydrogen) atoms. The Kier molecular flexibility index (Phi) is 6.48. The van der Waals surface area contributed by atoms with Crippen LogP contribution in [0.3, 0.4) is 0 Å². The molecule has 0 atom stereocenters. The number of para-hydroxylation sites is 1. The van der Waals surface area contributed by atoms with Crippen LogP contribution in [0.4, 0.5) is 5.69 Å². The maximum absolute atomic E-state index is 10.7. The van der Waals surface area contributed by atoms with Crippen molar-refractivity contribution < 1.29 is 14.4 Å². The second-order valence-electron chi connectivity index (χ2n) is 3.61. The van der Waals surface area contributed by atoms with E-state index in [1.165, 1.54) is 20.8 Å². The molecule has 0 unspecified atom stereocenters. The zero-order valence-corrected chi connectivity index (χ0v) is 10.5. The van der Waals surface area contributed by atoms with Crippen molar-refractivity contribution in [3.63, 3.8) is 0 Å². The summed E-state index contributed by atoms with van der Waals surface area (Å²) < 4.78 is 0. The molecule has 0 fully saturated rings. The lowest BCUT2D eigenvalue weighted by atomic mass is 10.2. The summed E-state index contributed by atoms with van der Waals surface area (Å²) in [7, 11) is 0. The number of nitrogens with one attached hydrogen (secondary N) is 1. The van der Waals surface area contributed by atoms with Gasteiger partial charge in [0.2, 0.25) is 5.91 Å². The number of benzene rings is 1. The van der Waals surface area contributed by atoms with E-state index in [4.69, 9.17) is 0 Å². The van der Waals surface area contributed by atoms with Crippen molar-refractivity contribution >= 4 is 23.2 Å². The number of ketones is 2. The first-order valence-electron chi connectivity index (χ1n) is 5.19. The van der Waals surface area contributed by atoms with Crippen LogP contribution in [0.5, 0.6) is 0 Å². The molecule has 0 aliphatic heterocycles. The molecule has 0 aliphatic rings. The van der Waals surface area contributed by atoms with Crippen LogP contribution in [0, 0.1) is 6.92 Å². The van der Waals surface area contributed by atoms with Gasteiger partial charge in [0, 0.05) is 26.5 Å². The Morgan fingerprint density at radius 3 is 1.76 bits per heavy atom. The van der Waals surface area contributed by atoms with Gasteiger partial charge in [0.05, 0.1) is 0 Å². The van der Waals surface area contributed by atoms with Crippen molar-refractivity contribution in [2.75, 3.05) is 5.32 Å². The van der Waals surface area contributed by atoms with Crippen molar-refractivity contribution in [1.82, 2.24) is 0 Å². The highest BCUT2D eigenvalue weighted by atomic mass is 16.2. The molecule has 1 rings (SSSR count). The summed E-state index contributed by atoms with van der Waals surface area (Å²) in [4.78, 5) is 30.2. The number of aryl methyl sites for hydroxylation is 1. The molecule has 0 heterocycles. The van der Waals surface area contributed by atoms with Crippen molar-refractivity contribution in [2.24, 2.45) is 0 Å². The molecule has 0 spiro atoms. The number of hydrogen-bond donors (Lipinski definition) is 1. The highest BCUT2D eigenvalue weighted by molar-refractivity contribution is 6.35. The minimum absolute atomic E-state index is 0.0284. The summed E-state index contributed by atoms with van der Waals surface area (Å²) in [5.41, 5.74) is 1.97. The smallest absolute Gasteiger partial charge is 0.221 e. The fraction of sp³-hybridized carbons (Fsp3) is 0.308. The van der Waals surface area contributed by atoms with Gasteiger partial charge in [-0.15, -0.1) is 0 Å². The first-order valence-corrected chi connectivity index (χ1v) is 5.19. The maximum atomic E-state index is 10.7. The van der Waals surface area contributed by atoms with Gasteiger partial charge in [0.15, 0.2) is 11.6 Å². The molecule has 1 aromatic carbocycles. The minimum Gasteiger partial charge on any atom is -0.326 e. The summed E-state index contributed by atoms with van der Waals surface area (Å²) in [6, 6.07) is 7.70. The number of carbonyl (C=O) groups is 3. The summed E-state index contributed by atoms with van der Waals surface area (Å²) in [6.45, 7) is 5.97. The van der Waals surface area contributed by atoms with Crippen LogP contribution in [-0.4, -0.2) is 17.5 Å². The second-order valence-corrected chi connectivity index (χ2v) is 3.61. The van der Waals surface area contributed by atoms with E-state index in [1.807, 2.05) is 31.2 Å². The van der Waals surface area contributed by atoms with Gasteiger partial charge in [-0.25, -0.2) is 0 Å². The van der Waals surface area contributed by atoms with Gasteiger partial charge in [-0.2, -0.15) is 0 Å². The van der Waals surface area contributed by atoms with Crippen molar-refractivity contribution in [3.05, 3.63) is 29.8 Å². The van der Waals surface area contributed by atoms with Crippen LogP contribution in [0.25, 0.3) is 0 Å². The molecule has 1 aromatic rings. The van der Waals surface area contributed by atoms with Gasteiger partial charge >= 0.3 is 0 Å². The van der Waals surface area contributed by atoms with Gasteiger partial charge in [-0.1, -0.05) is 18.2 Å². The average Bonchev–Trinajstić information content (AvgIpc) is 2.21. The molecule has 0 saturated heterocycles. The zero-order valence-electron chi connectivity index (χ0n) is 10.5. The van der Waals surface area contributed by atoms with Crippen molar-refractivity contribution in [2.45, 2.75) is 27.7 Å². The highest BCUT2D eigenvalue weighted by Crippen LogP contribution is 2.12. The van der Waals surface area contributed by atoms with Gasteiger partial charge < -0.3 is 5.32 Å². The lowest BCUT2D eigenvalue weighted by molar-refractivity contribution is -0.134. The molecular formula is C13H17NO3. The van der Waals surface area contributed by atoms with Gasteiger partial charge in [-0.3, -0.25) is 14.4 Å². The number of Topliss-reactive ketones (excluding diaryl/α,β-unsaturated/α-hetero) is 2. The molecule has 0 saturated carbocycles. The van der Waals surface area contributed by atoms with Crippen molar-refractivity contribution in [1.29, 1.82) is 0 Å². The van der Waals surface area contributed by atoms with E-state index in [2.05, 4.69) is 5.32 Å². The second kappa shape index (κ2) is 7.33. The van der Waals surface area contributed by atoms with Crippen LogP contribution in [0.1, 0.15) is 26.3 Å². The number of amides is 1. The minimum atomic E-state index is -0.380. The molecule has 1 amide bonds. The van der Waals surface area contributed by atoms with E-state index < -0.39 is 0 Å². The summed E-state index contributed by atoms with van der Waals surface area (Å²) in [5, 5.41) is 2.73. The quantitative estimate of drug-likeness (QED) is 0.798. The Balaban J connectivity index is 0.000000366. The first-order chi connectivity index (χ1) is 7.84. The molecule has 1 N–H and O–H groups in total. The number of carbonyl (C=O) groups excluding carboxylic acids is 3. The molecule has 0 aromatic heterocycles. The molecule has 4 heteroatoms. The Hall–Kier alpha value is -1.97. The molecule has 0 bridgehead atoms. The van der Waals surface area contributed by atoms with Crippen LogP contribution >= 0.6 is 0 Å². The van der Waals surface area contributed by atoms with E-state index in [1.54, 1.807) is 0 Å². The van der Waals surface area contributed by atoms with Gasteiger partial charge in [0.1, 0.15) is 0 Å². The summed E-state index contributed by atoms with van der Waals surface area (Å²) in [6.07, 6.45) is 0. The largest absolute Gasteiger partial charge is 0.326 e.